The second-order valence-corrected chi connectivity index (χ2v) is 5.55. The smallest absolute Gasteiger partial charge is 0.260 e. The molecule has 1 aromatic carbocycles. The average Bonchev–Trinajstić information content (AvgIpc) is 2.54. The number of carbonyl (C=O) groups is 2. The van der Waals surface area contributed by atoms with E-state index in [9.17, 15) is 9.59 Å². The second-order valence-electron chi connectivity index (χ2n) is 5.55. The number of nitrogens with one attached hydrogen (secondary N) is 1. The van der Waals surface area contributed by atoms with Crippen LogP contribution in [0.3, 0.4) is 0 Å². The van der Waals surface area contributed by atoms with Crippen LogP contribution in [0, 0.1) is 5.41 Å². The van der Waals surface area contributed by atoms with E-state index in [1.165, 1.54) is 0 Å². The van der Waals surface area contributed by atoms with E-state index in [1.54, 1.807) is 19.1 Å². The fraction of sp³-hybridized carbons (Fsp3) is 0.500. The van der Waals surface area contributed by atoms with Gasteiger partial charge in [0.25, 0.3) is 5.91 Å². The lowest BCUT2D eigenvalue weighted by atomic mass is 9.79. The molecule has 1 aliphatic rings. The molecule has 6 nitrogen and oxygen atoms in total. The van der Waals surface area contributed by atoms with Gasteiger partial charge in [-0.1, -0.05) is 18.2 Å². The molecule has 1 heterocycles. The molecule has 0 aliphatic carbocycles. The number of primary amides is 1. The molecular formula is C16H22N2O4. The van der Waals surface area contributed by atoms with Crippen LogP contribution in [0.2, 0.25) is 0 Å². The predicted molar refractivity (Wildman–Crippen MR) is 81.2 cm³/mol. The van der Waals surface area contributed by atoms with Crippen molar-refractivity contribution in [1.29, 1.82) is 0 Å². The van der Waals surface area contributed by atoms with Gasteiger partial charge < -0.3 is 20.5 Å². The van der Waals surface area contributed by atoms with E-state index in [0.717, 1.165) is 0 Å². The Balaban J connectivity index is 1.89. The van der Waals surface area contributed by atoms with Crippen LogP contribution in [0.15, 0.2) is 30.3 Å². The standard InChI is InChI=1S/C16H22N2O4/c1-12(22-13-5-3-2-4-6-13)14(19)18-11-16(15(17)20)7-9-21-10-8-16/h2-6,12H,7-11H2,1H3,(H2,17,20)(H,18,19)/t12-/m1/s1. The maximum atomic E-state index is 12.1. The van der Waals surface area contributed by atoms with E-state index >= 15 is 0 Å². The predicted octanol–water partition coefficient (Wildman–Crippen LogP) is 0.852. The Labute approximate surface area is 130 Å². The first-order valence-corrected chi connectivity index (χ1v) is 7.41. The summed E-state index contributed by atoms with van der Waals surface area (Å²) in [6.45, 7) is 2.85. The minimum atomic E-state index is -0.722. The molecule has 2 amide bonds. The zero-order chi connectivity index (χ0) is 16.0. The Kier molecular flexibility index (Phi) is 5.38. The number of hydrogen-bond donors (Lipinski definition) is 2. The summed E-state index contributed by atoms with van der Waals surface area (Å²) >= 11 is 0. The number of rotatable bonds is 6. The molecular weight excluding hydrogens is 284 g/mol. The van der Waals surface area contributed by atoms with Crippen LogP contribution >= 0.6 is 0 Å². The van der Waals surface area contributed by atoms with Gasteiger partial charge in [-0.05, 0) is 31.9 Å². The van der Waals surface area contributed by atoms with Gasteiger partial charge in [-0.15, -0.1) is 0 Å². The number of benzene rings is 1. The van der Waals surface area contributed by atoms with Crippen molar-refractivity contribution in [2.24, 2.45) is 11.1 Å². The summed E-state index contributed by atoms with van der Waals surface area (Å²) in [5.41, 5.74) is 4.79. The highest BCUT2D eigenvalue weighted by atomic mass is 16.5. The summed E-state index contributed by atoms with van der Waals surface area (Å²) in [5.74, 6) is -0.0375. The summed E-state index contributed by atoms with van der Waals surface area (Å²) in [7, 11) is 0. The molecule has 1 saturated heterocycles. The van der Waals surface area contributed by atoms with Gasteiger partial charge >= 0.3 is 0 Å². The third-order valence-electron chi connectivity index (χ3n) is 4.00. The van der Waals surface area contributed by atoms with Crippen LogP contribution in [-0.4, -0.2) is 37.7 Å². The summed E-state index contributed by atoms with van der Waals surface area (Å²) in [6.07, 6.45) is 0.403. The molecule has 0 bridgehead atoms. The lowest BCUT2D eigenvalue weighted by Gasteiger charge is -2.34. The minimum absolute atomic E-state index is 0.215. The van der Waals surface area contributed by atoms with Crippen LogP contribution in [0.4, 0.5) is 0 Å². The highest BCUT2D eigenvalue weighted by Gasteiger charge is 2.39. The van der Waals surface area contributed by atoms with Gasteiger partial charge in [-0.3, -0.25) is 9.59 Å². The van der Waals surface area contributed by atoms with Crippen molar-refractivity contribution >= 4 is 11.8 Å². The Hall–Kier alpha value is -2.08. The van der Waals surface area contributed by atoms with E-state index in [4.69, 9.17) is 15.2 Å². The highest BCUT2D eigenvalue weighted by molar-refractivity contribution is 5.84. The molecule has 0 saturated carbocycles. The normalized spacial score (nSPS) is 18.2. The van der Waals surface area contributed by atoms with Crippen LogP contribution in [-0.2, 0) is 14.3 Å². The third kappa shape index (κ3) is 3.98. The molecule has 0 radical (unpaired) electrons. The fourth-order valence-electron chi connectivity index (χ4n) is 2.43. The summed E-state index contributed by atoms with van der Waals surface area (Å²) < 4.78 is 10.8. The summed E-state index contributed by atoms with van der Waals surface area (Å²) in [5, 5.41) is 2.77. The number of nitrogens with two attached hydrogens (primary N) is 1. The Bertz CT molecular complexity index is 512. The van der Waals surface area contributed by atoms with Crippen molar-refractivity contribution in [2.75, 3.05) is 19.8 Å². The first-order valence-electron chi connectivity index (χ1n) is 7.41. The van der Waals surface area contributed by atoms with E-state index in [-0.39, 0.29) is 12.5 Å². The zero-order valence-corrected chi connectivity index (χ0v) is 12.7. The van der Waals surface area contributed by atoms with E-state index in [2.05, 4.69) is 5.32 Å². The molecule has 0 aromatic heterocycles. The molecule has 0 unspecified atom stereocenters. The van der Waals surface area contributed by atoms with Crippen LogP contribution in [0.25, 0.3) is 0 Å². The van der Waals surface area contributed by atoms with Gasteiger partial charge in [-0.25, -0.2) is 0 Å². The van der Waals surface area contributed by atoms with Crippen molar-refractivity contribution in [3.05, 3.63) is 30.3 Å². The summed E-state index contributed by atoms with van der Waals surface area (Å²) in [6, 6.07) is 9.12. The molecule has 120 valence electrons. The monoisotopic (exact) mass is 306 g/mol. The van der Waals surface area contributed by atoms with Crippen LogP contribution in [0.5, 0.6) is 5.75 Å². The van der Waals surface area contributed by atoms with Gasteiger partial charge in [0.05, 0.1) is 5.41 Å². The molecule has 22 heavy (non-hydrogen) atoms. The van der Waals surface area contributed by atoms with Crippen LogP contribution < -0.4 is 15.8 Å². The minimum Gasteiger partial charge on any atom is -0.481 e. The SMILES string of the molecule is C[C@@H](Oc1ccccc1)C(=O)NCC1(C(N)=O)CCOCC1. The van der Waals surface area contributed by atoms with E-state index in [1.807, 2.05) is 18.2 Å². The average molecular weight is 306 g/mol. The van der Waals surface area contributed by atoms with Crippen molar-refractivity contribution < 1.29 is 19.1 Å². The summed E-state index contributed by atoms with van der Waals surface area (Å²) in [4.78, 5) is 23.9. The van der Waals surface area contributed by atoms with Crippen molar-refractivity contribution in [3.63, 3.8) is 0 Å². The fourth-order valence-corrected chi connectivity index (χ4v) is 2.43. The van der Waals surface area contributed by atoms with Crippen molar-refractivity contribution in [2.45, 2.75) is 25.9 Å². The highest BCUT2D eigenvalue weighted by Crippen LogP contribution is 2.29. The van der Waals surface area contributed by atoms with Gasteiger partial charge in [0, 0.05) is 19.8 Å². The zero-order valence-electron chi connectivity index (χ0n) is 12.7. The molecule has 0 spiro atoms. The van der Waals surface area contributed by atoms with Gasteiger partial charge in [-0.2, -0.15) is 0 Å². The Morgan fingerprint density at radius 3 is 2.55 bits per heavy atom. The lowest BCUT2D eigenvalue weighted by molar-refractivity contribution is -0.135. The quantitative estimate of drug-likeness (QED) is 0.815. The number of ether oxygens (including phenoxy) is 2. The van der Waals surface area contributed by atoms with E-state index in [0.29, 0.717) is 31.8 Å². The van der Waals surface area contributed by atoms with Crippen LogP contribution in [0.1, 0.15) is 19.8 Å². The molecule has 1 aliphatic heterocycles. The van der Waals surface area contributed by atoms with Gasteiger partial charge in [0.2, 0.25) is 5.91 Å². The molecule has 2 rings (SSSR count). The van der Waals surface area contributed by atoms with Gasteiger partial charge in [0.1, 0.15) is 5.75 Å². The van der Waals surface area contributed by atoms with Gasteiger partial charge in [0.15, 0.2) is 6.10 Å². The van der Waals surface area contributed by atoms with Crippen molar-refractivity contribution in [3.8, 4) is 5.75 Å². The first kappa shape index (κ1) is 16.3. The van der Waals surface area contributed by atoms with E-state index < -0.39 is 17.4 Å². The topological polar surface area (TPSA) is 90.6 Å². The number of carbonyl (C=O) groups excluding carboxylic acids is 2. The molecule has 1 aromatic rings. The second kappa shape index (κ2) is 7.26. The number of amides is 2. The molecule has 3 N–H and O–H groups in total. The molecule has 6 heteroatoms. The first-order chi connectivity index (χ1) is 10.5. The maximum absolute atomic E-state index is 12.1. The number of hydrogen-bond acceptors (Lipinski definition) is 4. The lowest BCUT2D eigenvalue weighted by Crippen LogP contribution is -2.51. The maximum Gasteiger partial charge on any atom is 0.260 e. The van der Waals surface area contributed by atoms with Crippen molar-refractivity contribution in [1.82, 2.24) is 5.32 Å². The molecule has 1 fully saturated rings. The third-order valence-corrected chi connectivity index (χ3v) is 4.00. The Morgan fingerprint density at radius 2 is 1.95 bits per heavy atom. The largest absolute Gasteiger partial charge is 0.481 e. The number of para-hydroxylation sites is 1. The Morgan fingerprint density at radius 1 is 1.32 bits per heavy atom. The molecule has 1 atom stereocenters.